The summed E-state index contributed by atoms with van der Waals surface area (Å²) in [6, 6.07) is 10.8. The fourth-order valence-corrected chi connectivity index (χ4v) is 3.02. The molecule has 1 aromatic carbocycles. The number of carbonyl (C=O) groups excluding carboxylic acids is 2. The number of hydrogen-bond donors (Lipinski definition) is 2. The molecule has 0 spiro atoms. The maximum atomic E-state index is 12.4. The van der Waals surface area contributed by atoms with Crippen LogP contribution in [-0.2, 0) is 6.54 Å². The first-order valence-electron chi connectivity index (χ1n) is 7.99. The molecule has 1 fully saturated rings. The standard InChI is InChI=1S/C18H19N3O2S/c22-16(15-7-4-8-19-17(15)24)20-12-13-5-3-6-14(11-13)18(23)21-9-1-2-10-21/h3-8,11H,1-2,9-10,12H2,(H,19,24)(H,20,22). The second-order valence-corrected chi connectivity index (χ2v) is 6.20. The predicted octanol–water partition coefficient (Wildman–Crippen LogP) is 2.91. The Bertz CT molecular complexity index is 810. The van der Waals surface area contributed by atoms with E-state index in [0.29, 0.717) is 22.3 Å². The number of carbonyl (C=O) groups is 2. The van der Waals surface area contributed by atoms with Crippen LogP contribution in [0, 0.1) is 4.64 Å². The molecule has 124 valence electrons. The van der Waals surface area contributed by atoms with Crippen molar-refractivity contribution in [3.63, 3.8) is 0 Å². The summed E-state index contributed by atoms with van der Waals surface area (Å²) in [7, 11) is 0. The van der Waals surface area contributed by atoms with Crippen LogP contribution in [0.4, 0.5) is 0 Å². The van der Waals surface area contributed by atoms with Gasteiger partial charge in [-0.2, -0.15) is 0 Å². The third-order valence-corrected chi connectivity index (χ3v) is 4.42. The highest BCUT2D eigenvalue weighted by Crippen LogP contribution is 2.14. The van der Waals surface area contributed by atoms with Crippen LogP contribution in [0.3, 0.4) is 0 Å². The van der Waals surface area contributed by atoms with E-state index < -0.39 is 0 Å². The molecule has 0 unspecified atom stereocenters. The number of rotatable bonds is 4. The van der Waals surface area contributed by atoms with Gasteiger partial charge >= 0.3 is 0 Å². The van der Waals surface area contributed by atoms with Gasteiger partial charge in [0.1, 0.15) is 4.64 Å². The largest absolute Gasteiger partial charge is 0.352 e. The highest BCUT2D eigenvalue weighted by molar-refractivity contribution is 7.71. The van der Waals surface area contributed by atoms with Crippen LogP contribution < -0.4 is 5.32 Å². The molecular formula is C18H19N3O2S. The van der Waals surface area contributed by atoms with Gasteiger partial charge in [-0.3, -0.25) is 9.59 Å². The maximum absolute atomic E-state index is 12.4. The first-order valence-corrected chi connectivity index (χ1v) is 8.40. The van der Waals surface area contributed by atoms with Crippen molar-refractivity contribution in [1.82, 2.24) is 15.2 Å². The summed E-state index contributed by atoms with van der Waals surface area (Å²) < 4.78 is 0.410. The van der Waals surface area contributed by atoms with Crippen LogP contribution in [0.1, 0.15) is 39.1 Å². The molecule has 0 atom stereocenters. The Morgan fingerprint density at radius 3 is 2.71 bits per heavy atom. The summed E-state index contributed by atoms with van der Waals surface area (Å²) in [5, 5.41) is 2.84. The summed E-state index contributed by atoms with van der Waals surface area (Å²) in [6.45, 7) is 2.00. The van der Waals surface area contributed by atoms with Crippen molar-refractivity contribution in [2.45, 2.75) is 19.4 Å². The van der Waals surface area contributed by atoms with E-state index in [9.17, 15) is 9.59 Å². The van der Waals surface area contributed by atoms with Crippen molar-refractivity contribution in [1.29, 1.82) is 0 Å². The summed E-state index contributed by atoms with van der Waals surface area (Å²) in [4.78, 5) is 29.3. The summed E-state index contributed by atoms with van der Waals surface area (Å²) >= 11 is 5.11. The molecule has 2 amide bonds. The number of aromatic amines is 1. The average molecular weight is 341 g/mol. The van der Waals surface area contributed by atoms with Crippen molar-refractivity contribution in [3.8, 4) is 0 Å². The van der Waals surface area contributed by atoms with E-state index in [1.807, 2.05) is 29.2 Å². The lowest BCUT2D eigenvalue weighted by Gasteiger charge is -2.15. The van der Waals surface area contributed by atoms with E-state index in [4.69, 9.17) is 12.2 Å². The number of amides is 2. The van der Waals surface area contributed by atoms with Crippen LogP contribution >= 0.6 is 12.2 Å². The van der Waals surface area contributed by atoms with Gasteiger partial charge in [-0.05, 0) is 42.7 Å². The van der Waals surface area contributed by atoms with Crippen LogP contribution in [0.25, 0.3) is 0 Å². The van der Waals surface area contributed by atoms with E-state index in [-0.39, 0.29) is 11.8 Å². The Morgan fingerprint density at radius 1 is 1.17 bits per heavy atom. The van der Waals surface area contributed by atoms with Gasteiger partial charge < -0.3 is 15.2 Å². The highest BCUT2D eigenvalue weighted by atomic mass is 32.1. The zero-order valence-electron chi connectivity index (χ0n) is 13.2. The van der Waals surface area contributed by atoms with Gasteiger partial charge in [0.2, 0.25) is 0 Å². The summed E-state index contributed by atoms with van der Waals surface area (Å²) in [6.07, 6.45) is 3.82. The molecular weight excluding hydrogens is 322 g/mol. The SMILES string of the molecule is O=C(NCc1cccc(C(=O)N2CCCC2)c1)c1ccc[nH]c1=S. The summed E-state index contributed by atoms with van der Waals surface area (Å²) in [5.74, 6) is -0.167. The number of likely N-dealkylation sites (tertiary alicyclic amines) is 1. The molecule has 6 heteroatoms. The molecule has 1 aliphatic rings. The Morgan fingerprint density at radius 2 is 1.96 bits per heavy atom. The molecule has 2 aromatic rings. The van der Waals surface area contributed by atoms with Crippen molar-refractivity contribution < 1.29 is 9.59 Å². The lowest BCUT2D eigenvalue weighted by Crippen LogP contribution is -2.28. The second-order valence-electron chi connectivity index (χ2n) is 5.80. The van der Waals surface area contributed by atoms with Crippen molar-refractivity contribution >= 4 is 24.0 Å². The van der Waals surface area contributed by atoms with E-state index in [1.54, 1.807) is 18.3 Å². The number of pyridine rings is 1. The van der Waals surface area contributed by atoms with Gasteiger partial charge in [-0.1, -0.05) is 24.4 Å². The Labute approximate surface area is 145 Å². The smallest absolute Gasteiger partial charge is 0.254 e. The fourth-order valence-electron chi connectivity index (χ4n) is 2.80. The molecule has 24 heavy (non-hydrogen) atoms. The van der Waals surface area contributed by atoms with Gasteiger partial charge in [-0.25, -0.2) is 0 Å². The number of nitrogens with one attached hydrogen (secondary N) is 2. The second kappa shape index (κ2) is 7.40. The van der Waals surface area contributed by atoms with Crippen LogP contribution in [0.5, 0.6) is 0 Å². The first-order chi connectivity index (χ1) is 11.6. The minimum absolute atomic E-state index is 0.0613. The zero-order chi connectivity index (χ0) is 16.9. The number of aromatic nitrogens is 1. The fraction of sp³-hybridized carbons (Fsp3) is 0.278. The number of nitrogens with zero attached hydrogens (tertiary/aromatic N) is 1. The third-order valence-electron chi connectivity index (χ3n) is 4.08. The zero-order valence-corrected chi connectivity index (χ0v) is 14.1. The quantitative estimate of drug-likeness (QED) is 0.841. The summed E-state index contributed by atoms with van der Waals surface area (Å²) in [5.41, 5.74) is 2.00. The molecule has 0 bridgehead atoms. The van der Waals surface area contributed by atoms with Gasteiger partial charge in [0.05, 0.1) is 5.56 Å². The number of hydrogen-bond acceptors (Lipinski definition) is 3. The van der Waals surface area contributed by atoms with Gasteiger partial charge in [0.25, 0.3) is 11.8 Å². The normalized spacial score (nSPS) is 13.8. The molecule has 0 saturated carbocycles. The lowest BCUT2D eigenvalue weighted by molar-refractivity contribution is 0.0792. The average Bonchev–Trinajstić information content (AvgIpc) is 3.14. The molecule has 5 nitrogen and oxygen atoms in total. The van der Waals surface area contributed by atoms with Crippen LogP contribution in [-0.4, -0.2) is 34.8 Å². The van der Waals surface area contributed by atoms with Crippen molar-refractivity contribution in [2.24, 2.45) is 0 Å². The van der Waals surface area contributed by atoms with E-state index in [1.165, 1.54) is 0 Å². The molecule has 2 heterocycles. The van der Waals surface area contributed by atoms with Gasteiger partial charge in [0, 0.05) is 31.4 Å². The minimum Gasteiger partial charge on any atom is -0.352 e. The number of benzene rings is 1. The van der Waals surface area contributed by atoms with Crippen molar-refractivity contribution in [3.05, 3.63) is 63.9 Å². The first kappa shape index (κ1) is 16.4. The molecule has 1 saturated heterocycles. The molecule has 1 aromatic heterocycles. The minimum atomic E-state index is -0.229. The molecule has 2 N–H and O–H groups in total. The van der Waals surface area contributed by atoms with E-state index in [2.05, 4.69) is 10.3 Å². The van der Waals surface area contributed by atoms with Crippen LogP contribution in [0.15, 0.2) is 42.6 Å². The topological polar surface area (TPSA) is 65.2 Å². The Balaban J connectivity index is 1.66. The highest BCUT2D eigenvalue weighted by Gasteiger charge is 2.19. The van der Waals surface area contributed by atoms with Crippen LogP contribution in [0.2, 0.25) is 0 Å². The molecule has 1 aliphatic heterocycles. The number of H-pyrrole nitrogens is 1. The molecule has 0 radical (unpaired) electrons. The third kappa shape index (κ3) is 3.71. The lowest BCUT2D eigenvalue weighted by atomic mass is 10.1. The van der Waals surface area contributed by atoms with Gasteiger partial charge in [-0.15, -0.1) is 0 Å². The van der Waals surface area contributed by atoms with E-state index in [0.717, 1.165) is 31.5 Å². The van der Waals surface area contributed by atoms with Crippen molar-refractivity contribution in [2.75, 3.05) is 13.1 Å². The molecule has 0 aliphatic carbocycles. The molecule has 3 rings (SSSR count). The Hall–Kier alpha value is -2.47. The maximum Gasteiger partial charge on any atom is 0.254 e. The monoisotopic (exact) mass is 341 g/mol. The van der Waals surface area contributed by atoms with E-state index >= 15 is 0 Å². The Kier molecular flexibility index (Phi) is 5.05. The van der Waals surface area contributed by atoms with Gasteiger partial charge in [0.15, 0.2) is 0 Å². The predicted molar refractivity (Wildman–Crippen MR) is 94.4 cm³/mol.